The van der Waals surface area contributed by atoms with Gasteiger partial charge in [0, 0.05) is 18.5 Å². The van der Waals surface area contributed by atoms with E-state index in [0.29, 0.717) is 12.6 Å². The first kappa shape index (κ1) is 14.2. The van der Waals surface area contributed by atoms with Crippen LogP contribution in [0.5, 0.6) is 0 Å². The average Bonchev–Trinajstić information content (AvgIpc) is 2.29. The maximum absolute atomic E-state index is 11.9. The van der Waals surface area contributed by atoms with Crippen molar-refractivity contribution in [3.8, 4) is 0 Å². The topological polar surface area (TPSA) is 46.6 Å². The van der Waals surface area contributed by atoms with E-state index in [1.54, 1.807) is 6.92 Å². The Hall–Kier alpha value is -0.900. The van der Waals surface area contributed by atoms with Gasteiger partial charge in [-0.25, -0.2) is 0 Å². The van der Waals surface area contributed by atoms with Gasteiger partial charge >= 0.3 is 5.97 Å². The zero-order chi connectivity index (χ0) is 12.8. The summed E-state index contributed by atoms with van der Waals surface area (Å²) in [5.41, 5.74) is 0. The number of carbonyl (C=O) groups is 2. The molecule has 1 rings (SSSR count). The van der Waals surface area contributed by atoms with Crippen molar-refractivity contribution in [3.63, 3.8) is 0 Å². The summed E-state index contributed by atoms with van der Waals surface area (Å²) in [5.74, 6) is -0.344. The molecule has 0 bridgehead atoms. The predicted molar refractivity (Wildman–Crippen MR) is 65.7 cm³/mol. The highest BCUT2D eigenvalue weighted by Gasteiger charge is 2.28. The number of esters is 1. The number of ether oxygens (including phenoxy) is 1. The maximum atomic E-state index is 11.9. The number of nitrogens with zero attached hydrogens (tertiary/aromatic N) is 1. The van der Waals surface area contributed by atoms with E-state index >= 15 is 0 Å². The Balaban J connectivity index is 2.43. The summed E-state index contributed by atoms with van der Waals surface area (Å²) < 4.78 is 4.80. The molecule has 17 heavy (non-hydrogen) atoms. The van der Waals surface area contributed by atoms with Crippen molar-refractivity contribution in [3.05, 3.63) is 0 Å². The van der Waals surface area contributed by atoms with E-state index < -0.39 is 0 Å². The van der Waals surface area contributed by atoms with Crippen LogP contribution in [0.15, 0.2) is 0 Å². The van der Waals surface area contributed by atoms with Crippen LogP contribution in [0, 0.1) is 5.92 Å². The number of rotatable bonds is 5. The number of Topliss-reactive ketones (excluding diaryl/α,β-unsaturated/α-hetero) is 1. The van der Waals surface area contributed by atoms with Crippen molar-refractivity contribution in [1.82, 2.24) is 4.90 Å². The minimum atomic E-state index is -0.390. The molecule has 0 aromatic rings. The summed E-state index contributed by atoms with van der Waals surface area (Å²) in [6.45, 7) is 8.21. The van der Waals surface area contributed by atoms with Gasteiger partial charge in [0.15, 0.2) is 0 Å². The van der Waals surface area contributed by atoms with Crippen molar-refractivity contribution in [1.29, 1.82) is 0 Å². The molecule has 0 unspecified atom stereocenters. The van der Waals surface area contributed by atoms with E-state index in [1.165, 1.54) is 0 Å². The minimum Gasteiger partial charge on any atom is -0.466 e. The van der Waals surface area contributed by atoms with Crippen LogP contribution in [0.3, 0.4) is 0 Å². The SMILES string of the molecule is CCOC(=O)CC(=O)[C@@H]1CCCN(C(C)C)C1. The Labute approximate surface area is 103 Å². The van der Waals surface area contributed by atoms with Crippen LogP contribution in [-0.2, 0) is 14.3 Å². The maximum Gasteiger partial charge on any atom is 0.313 e. The van der Waals surface area contributed by atoms with Crippen LogP contribution in [-0.4, -0.2) is 42.4 Å². The third-order valence-corrected chi connectivity index (χ3v) is 3.26. The van der Waals surface area contributed by atoms with Gasteiger partial charge in [-0.3, -0.25) is 9.59 Å². The van der Waals surface area contributed by atoms with E-state index in [0.717, 1.165) is 25.9 Å². The van der Waals surface area contributed by atoms with Crippen LogP contribution < -0.4 is 0 Å². The first-order valence-corrected chi connectivity index (χ1v) is 6.47. The first-order chi connectivity index (χ1) is 8.04. The van der Waals surface area contributed by atoms with Gasteiger partial charge in [0.05, 0.1) is 6.61 Å². The summed E-state index contributed by atoms with van der Waals surface area (Å²) in [4.78, 5) is 25.5. The molecule has 0 aromatic heterocycles. The zero-order valence-electron chi connectivity index (χ0n) is 11.1. The molecule has 1 aliphatic heterocycles. The fraction of sp³-hybridized carbons (Fsp3) is 0.846. The lowest BCUT2D eigenvalue weighted by atomic mass is 9.91. The summed E-state index contributed by atoms with van der Waals surface area (Å²) >= 11 is 0. The van der Waals surface area contributed by atoms with Gasteiger partial charge < -0.3 is 9.64 Å². The molecule has 0 N–H and O–H groups in total. The van der Waals surface area contributed by atoms with Crippen LogP contribution >= 0.6 is 0 Å². The quantitative estimate of drug-likeness (QED) is 0.542. The van der Waals surface area contributed by atoms with E-state index in [9.17, 15) is 9.59 Å². The molecule has 0 amide bonds. The third-order valence-electron chi connectivity index (χ3n) is 3.26. The van der Waals surface area contributed by atoms with Gasteiger partial charge in [-0.05, 0) is 40.2 Å². The Morgan fingerprint density at radius 1 is 1.41 bits per heavy atom. The Morgan fingerprint density at radius 2 is 2.12 bits per heavy atom. The molecule has 1 atom stereocenters. The molecule has 0 spiro atoms. The second kappa shape index (κ2) is 6.74. The third kappa shape index (κ3) is 4.46. The van der Waals surface area contributed by atoms with Crippen LogP contribution in [0.25, 0.3) is 0 Å². The van der Waals surface area contributed by atoms with Gasteiger partial charge in [0.25, 0.3) is 0 Å². The molecular formula is C13H23NO3. The fourth-order valence-corrected chi connectivity index (χ4v) is 2.24. The predicted octanol–water partition coefficient (Wildman–Crippen LogP) is 1.63. The highest BCUT2D eigenvalue weighted by Crippen LogP contribution is 2.20. The standard InChI is InChI=1S/C13H23NO3/c1-4-17-13(16)8-12(15)11-6-5-7-14(9-11)10(2)3/h10-11H,4-9H2,1-3H3/t11-/m1/s1. The Kier molecular flexibility index (Phi) is 5.62. The zero-order valence-corrected chi connectivity index (χ0v) is 11.1. The second-order valence-corrected chi connectivity index (χ2v) is 4.88. The molecule has 98 valence electrons. The van der Waals surface area contributed by atoms with Gasteiger partial charge in [0.1, 0.15) is 12.2 Å². The summed E-state index contributed by atoms with van der Waals surface area (Å²) in [6, 6.07) is 0.466. The largest absolute Gasteiger partial charge is 0.466 e. The number of ketones is 1. The van der Waals surface area contributed by atoms with E-state index in [1.807, 2.05) is 0 Å². The second-order valence-electron chi connectivity index (χ2n) is 4.88. The lowest BCUT2D eigenvalue weighted by molar-refractivity contribution is -0.146. The molecule has 1 fully saturated rings. The van der Waals surface area contributed by atoms with E-state index in [-0.39, 0.29) is 24.1 Å². The average molecular weight is 241 g/mol. The monoisotopic (exact) mass is 241 g/mol. The Bertz CT molecular complexity index is 276. The van der Waals surface area contributed by atoms with Gasteiger partial charge in [-0.1, -0.05) is 0 Å². The minimum absolute atomic E-state index is 0.00977. The fourth-order valence-electron chi connectivity index (χ4n) is 2.24. The van der Waals surface area contributed by atoms with Crippen LogP contribution in [0.4, 0.5) is 0 Å². The van der Waals surface area contributed by atoms with Crippen molar-refractivity contribution < 1.29 is 14.3 Å². The first-order valence-electron chi connectivity index (χ1n) is 6.47. The molecule has 1 aliphatic rings. The number of hydrogen-bond donors (Lipinski definition) is 0. The number of carbonyl (C=O) groups excluding carboxylic acids is 2. The smallest absolute Gasteiger partial charge is 0.313 e. The summed E-state index contributed by atoms with van der Waals surface area (Å²) in [5, 5.41) is 0. The van der Waals surface area contributed by atoms with E-state index in [4.69, 9.17) is 4.74 Å². The molecule has 0 aromatic carbocycles. The molecule has 1 heterocycles. The number of piperidine rings is 1. The molecule has 4 nitrogen and oxygen atoms in total. The molecule has 1 saturated heterocycles. The summed E-state index contributed by atoms with van der Waals surface area (Å²) in [7, 11) is 0. The Morgan fingerprint density at radius 3 is 2.71 bits per heavy atom. The normalized spacial score (nSPS) is 21.5. The van der Waals surface area contributed by atoms with Gasteiger partial charge in [-0.15, -0.1) is 0 Å². The highest BCUT2D eigenvalue weighted by atomic mass is 16.5. The lowest BCUT2D eigenvalue weighted by Gasteiger charge is -2.34. The summed E-state index contributed by atoms with van der Waals surface area (Å²) in [6.07, 6.45) is 1.88. The van der Waals surface area contributed by atoms with Crippen LogP contribution in [0.1, 0.15) is 40.0 Å². The highest BCUT2D eigenvalue weighted by molar-refractivity contribution is 5.96. The lowest BCUT2D eigenvalue weighted by Crippen LogP contribution is -2.42. The van der Waals surface area contributed by atoms with E-state index in [2.05, 4.69) is 18.7 Å². The molecule has 4 heteroatoms. The van der Waals surface area contributed by atoms with Gasteiger partial charge in [-0.2, -0.15) is 0 Å². The number of likely N-dealkylation sites (tertiary alicyclic amines) is 1. The van der Waals surface area contributed by atoms with Crippen molar-refractivity contribution >= 4 is 11.8 Å². The molecule has 0 radical (unpaired) electrons. The van der Waals surface area contributed by atoms with Crippen molar-refractivity contribution in [2.24, 2.45) is 5.92 Å². The molecular weight excluding hydrogens is 218 g/mol. The van der Waals surface area contributed by atoms with Crippen LogP contribution in [0.2, 0.25) is 0 Å². The number of hydrogen-bond acceptors (Lipinski definition) is 4. The van der Waals surface area contributed by atoms with Crippen molar-refractivity contribution in [2.75, 3.05) is 19.7 Å². The molecule has 0 aliphatic carbocycles. The van der Waals surface area contributed by atoms with Crippen molar-refractivity contribution in [2.45, 2.75) is 46.1 Å². The van der Waals surface area contributed by atoms with Gasteiger partial charge in [0.2, 0.25) is 0 Å². The molecule has 0 saturated carbocycles.